The Bertz CT molecular complexity index is 1140. The van der Waals surface area contributed by atoms with Crippen molar-refractivity contribution in [3.05, 3.63) is 70.9 Å². The molecule has 1 aliphatic carbocycles. The highest BCUT2D eigenvalue weighted by Gasteiger charge is 2.47. The van der Waals surface area contributed by atoms with Crippen molar-refractivity contribution < 1.29 is 14.3 Å². The van der Waals surface area contributed by atoms with E-state index in [9.17, 15) is 9.59 Å². The lowest BCUT2D eigenvalue weighted by Crippen LogP contribution is -2.44. The number of anilines is 1. The number of ketones is 1. The van der Waals surface area contributed by atoms with E-state index in [1.165, 1.54) is 5.56 Å². The Kier molecular flexibility index (Phi) is 6.24. The molecular formula is C28H32N2O3. The number of carbonyl (C=O) groups is 2. The molecule has 1 amide bonds. The van der Waals surface area contributed by atoms with E-state index >= 15 is 0 Å². The molecule has 0 radical (unpaired) electrons. The molecule has 0 aromatic heterocycles. The molecule has 1 heterocycles. The van der Waals surface area contributed by atoms with Crippen LogP contribution in [0.3, 0.4) is 0 Å². The van der Waals surface area contributed by atoms with Gasteiger partial charge in [0.15, 0.2) is 0 Å². The minimum Gasteiger partial charge on any atom is -0.495 e. The number of allylic oxidation sites excluding steroid dienone is 1. The van der Waals surface area contributed by atoms with Crippen LogP contribution in [-0.4, -0.2) is 24.5 Å². The first-order valence-electron chi connectivity index (χ1n) is 11.6. The number of nitrogens with one attached hydrogen (secondary N) is 1. The minimum atomic E-state index is -0.410. The molecule has 2 aromatic rings. The fourth-order valence-corrected chi connectivity index (χ4v) is 5.15. The van der Waals surface area contributed by atoms with Crippen molar-refractivity contribution in [1.29, 1.82) is 0 Å². The summed E-state index contributed by atoms with van der Waals surface area (Å²) in [5, 5.41) is 3.01. The van der Waals surface area contributed by atoms with Gasteiger partial charge in [-0.25, -0.2) is 0 Å². The van der Waals surface area contributed by atoms with Crippen LogP contribution in [0.5, 0.6) is 5.75 Å². The molecule has 5 nitrogen and oxygen atoms in total. The van der Waals surface area contributed by atoms with Crippen molar-refractivity contribution in [2.45, 2.75) is 52.9 Å². The van der Waals surface area contributed by atoms with E-state index in [1.807, 2.05) is 31.2 Å². The van der Waals surface area contributed by atoms with E-state index in [-0.39, 0.29) is 23.0 Å². The maximum absolute atomic E-state index is 13.7. The molecule has 172 valence electrons. The van der Waals surface area contributed by atoms with E-state index in [4.69, 9.17) is 9.73 Å². The number of hydrogen-bond donors (Lipinski definition) is 1. The first-order chi connectivity index (χ1) is 15.7. The molecular weight excluding hydrogens is 412 g/mol. The van der Waals surface area contributed by atoms with E-state index in [0.29, 0.717) is 29.1 Å². The van der Waals surface area contributed by atoms with Gasteiger partial charge in [-0.2, -0.15) is 0 Å². The summed E-state index contributed by atoms with van der Waals surface area (Å²) in [5.41, 5.74) is 4.78. The third kappa shape index (κ3) is 4.50. The number of ether oxygens (including phenoxy) is 1. The summed E-state index contributed by atoms with van der Waals surface area (Å²) in [6.07, 6.45) is 2.18. The summed E-state index contributed by atoms with van der Waals surface area (Å²) in [5.74, 6) is -0.274. The van der Waals surface area contributed by atoms with Gasteiger partial charge < -0.3 is 10.1 Å². The van der Waals surface area contributed by atoms with Gasteiger partial charge >= 0.3 is 0 Å². The fourth-order valence-electron chi connectivity index (χ4n) is 5.15. The molecule has 2 atom stereocenters. The molecule has 4 rings (SSSR count). The fraction of sp³-hybridized carbons (Fsp3) is 0.393. The number of para-hydroxylation sites is 2. The van der Waals surface area contributed by atoms with Gasteiger partial charge in [0.05, 0.1) is 18.7 Å². The lowest BCUT2D eigenvalue weighted by atomic mass is 9.63. The number of carbonyl (C=O) groups excluding carboxylic acids is 2. The third-order valence-corrected chi connectivity index (χ3v) is 6.71. The molecule has 5 heteroatoms. The van der Waals surface area contributed by atoms with E-state index in [1.54, 1.807) is 7.11 Å². The lowest BCUT2D eigenvalue weighted by Gasteiger charge is -2.41. The standard InChI is InChI=1S/C28H32N2O3/c1-6-18-11-13-19(14-12-18)25-24(27(32)30-20-9-7-8-10-23(20)33-5)17(2)29-21-15-28(3,4)16-22(31)26(21)25/h7-14,25-26H,6,15-16H2,1-5H3,(H,30,32)/t25-,26?/m1/s1. The smallest absolute Gasteiger partial charge is 0.254 e. The zero-order valence-electron chi connectivity index (χ0n) is 20.1. The van der Waals surface area contributed by atoms with Crippen molar-refractivity contribution in [2.24, 2.45) is 16.3 Å². The van der Waals surface area contributed by atoms with Gasteiger partial charge in [0, 0.05) is 29.3 Å². The van der Waals surface area contributed by atoms with Crippen LogP contribution in [0.1, 0.15) is 57.6 Å². The average Bonchev–Trinajstić information content (AvgIpc) is 2.77. The number of Topliss-reactive ketones (excluding diaryl/α,β-unsaturated/α-hetero) is 1. The molecule has 0 saturated heterocycles. The topological polar surface area (TPSA) is 67.8 Å². The second-order valence-corrected chi connectivity index (χ2v) is 9.79. The van der Waals surface area contributed by atoms with Crippen molar-refractivity contribution >= 4 is 23.1 Å². The molecule has 1 aliphatic heterocycles. The number of aliphatic imine (C=N–C) groups is 1. The minimum absolute atomic E-state index is 0.125. The molecule has 1 saturated carbocycles. The Balaban J connectivity index is 1.81. The zero-order chi connectivity index (χ0) is 23.8. The molecule has 0 spiro atoms. The third-order valence-electron chi connectivity index (χ3n) is 6.71. The van der Waals surface area contributed by atoms with Gasteiger partial charge in [-0.05, 0) is 48.4 Å². The Labute approximate surface area is 196 Å². The number of rotatable bonds is 5. The average molecular weight is 445 g/mol. The van der Waals surface area contributed by atoms with Crippen LogP contribution in [-0.2, 0) is 16.0 Å². The summed E-state index contributed by atoms with van der Waals surface area (Å²) >= 11 is 0. The number of aryl methyl sites for hydroxylation is 1. The normalized spacial score (nSPS) is 21.8. The Morgan fingerprint density at radius 3 is 2.45 bits per heavy atom. The van der Waals surface area contributed by atoms with Crippen molar-refractivity contribution in [2.75, 3.05) is 12.4 Å². The van der Waals surface area contributed by atoms with Crippen molar-refractivity contribution in [3.8, 4) is 5.75 Å². The van der Waals surface area contributed by atoms with Crippen LogP contribution >= 0.6 is 0 Å². The van der Waals surface area contributed by atoms with Crippen LogP contribution in [0.4, 0.5) is 5.69 Å². The highest BCUT2D eigenvalue weighted by atomic mass is 16.5. The monoisotopic (exact) mass is 444 g/mol. The van der Waals surface area contributed by atoms with Crippen molar-refractivity contribution in [3.63, 3.8) is 0 Å². The molecule has 2 aromatic carbocycles. The number of benzene rings is 2. The summed E-state index contributed by atoms with van der Waals surface area (Å²) < 4.78 is 5.41. The van der Waals surface area contributed by atoms with Crippen LogP contribution < -0.4 is 10.1 Å². The Morgan fingerprint density at radius 2 is 1.79 bits per heavy atom. The summed E-state index contributed by atoms with van der Waals surface area (Å²) in [6.45, 7) is 8.21. The van der Waals surface area contributed by atoms with E-state index < -0.39 is 5.92 Å². The first kappa shape index (κ1) is 23.0. The van der Waals surface area contributed by atoms with Crippen LogP contribution in [0.2, 0.25) is 0 Å². The summed E-state index contributed by atoms with van der Waals surface area (Å²) in [4.78, 5) is 31.9. The number of fused-ring (bicyclic) bond motifs is 1. The summed E-state index contributed by atoms with van der Waals surface area (Å²) in [7, 11) is 1.58. The molecule has 33 heavy (non-hydrogen) atoms. The van der Waals surface area contributed by atoms with Gasteiger partial charge in [-0.1, -0.05) is 57.2 Å². The maximum atomic E-state index is 13.7. The number of hydrogen-bond acceptors (Lipinski definition) is 4. The lowest BCUT2D eigenvalue weighted by molar-refractivity contribution is -0.124. The number of amides is 1. The highest BCUT2D eigenvalue weighted by molar-refractivity contribution is 6.14. The van der Waals surface area contributed by atoms with E-state index in [2.05, 4.69) is 50.4 Å². The molecule has 1 fully saturated rings. The quantitative estimate of drug-likeness (QED) is 0.642. The highest BCUT2D eigenvalue weighted by Crippen LogP contribution is 2.47. The van der Waals surface area contributed by atoms with Gasteiger partial charge in [-0.15, -0.1) is 0 Å². The van der Waals surface area contributed by atoms with Gasteiger partial charge in [0.25, 0.3) is 5.91 Å². The summed E-state index contributed by atoms with van der Waals surface area (Å²) in [6, 6.07) is 15.6. The Hall–Kier alpha value is -3.21. The van der Waals surface area contributed by atoms with Gasteiger partial charge in [-0.3, -0.25) is 14.6 Å². The van der Waals surface area contributed by atoms with Gasteiger partial charge in [0.1, 0.15) is 11.5 Å². The molecule has 0 bridgehead atoms. The van der Waals surface area contributed by atoms with Crippen LogP contribution in [0.25, 0.3) is 0 Å². The predicted molar refractivity (Wildman–Crippen MR) is 132 cm³/mol. The first-order valence-corrected chi connectivity index (χ1v) is 11.6. The predicted octanol–water partition coefficient (Wildman–Crippen LogP) is 5.71. The maximum Gasteiger partial charge on any atom is 0.254 e. The number of nitrogens with zero attached hydrogens (tertiary/aromatic N) is 1. The molecule has 1 N–H and O–H groups in total. The van der Waals surface area contributed by atoms with E-state index in [0.717, 1.165) is 24.1 Å². The SMILES string of the molecule is CCc1ccc([C@@H]2C(C(=O)Nc3ccccc3OC)=C(C)N=C3CC(C)(C)CC(=O)C32)cc1. The Morgan fingerprint density at radius 1 is 1.09 bits per heavy atom. The second-order valence-electron chi connectivity index (χ2n) is 9.79. The van der Waals surface area contributed by atoms with Crippen molar-refractivity contribution in [1.82, 2.24) is 0 Å². The van der Waals surface area contributed by atoms with Crippen LogP contribution in [0.15, 0.2) is 64.8 Å². The number of methoxy groups -OCH3 is 1. The zero-order valence-corrected chi connectivity index (χ0v) is 20.1. The largest absolute Gasteiger partial charge is 0.495 e. The second kappa shape index (κ2) is 8.97. The molecule has 1 unspecified atom stereocenters. The molecule has 2 aliphatic rings. The van der Waals surface area contributed by atoms with Crippen LogP contribution in [0, 0.1) is 11.3 Å². The van der Waals surface area contributed by atoms with Gasteiger partial charge in [0.2, 0.25) is 0 Å².